The fraction of sp³-hybridized carbons (Fsp3) is 0.846. The molecule has 1 aliphatic heterocycles. The molecule has 1 fully saturated rings. The summed E-state index contributed by atoms with van der Waals surface area (Å²) in [5.74, 6) is 0.0621. The number of amides is 1. The summed E-state index contributed by atoms with van der Waals surface area (Å²) in [5.41, 5.74) is 0. The summed E-state index contributed by atoms with van der Waals surface area (Å²) >= 11 is 0. The third-order valence-electron chi connectivity index (χ3n) is 3.42. The van der Waals surface area contributed by atoms with Crippen molar-refractivity contribution in [1.82, 2.24) is 10.2 Å². The standard InChI is InChI=1S/C13H24N2O3/c1-5-18-12(16)8-15(9(2)3)13(17)10(4)11-6-14-7-11/h9-11,14H,5-8H2,1-4H3. The zero-order chi connectivity index (χ0) is 13.7. The molecule has 0 aromatic carbocycles. The van der Waals surface area contributed by atoms with Gasteiger partial charge < -0.3 is 15.0 Å². The highest BCUT2D eigenvalue weighted by Crippen LogP contribution is 2.19. The minimum absolute atomic E-state index is 0.0115. The second-order valence-corrected chi connectivity index (χ2v) is 5.07. The molecule has 0 spiro atoms. The molecule has 1 unspecified atom stereocenters. The van der Waals surface area contributed by atoms with Crippen molar-refractivity contribution in [3.8, 4) is 0 Å². The summed E-state index contributed by atoms with van der Waals surface area (Å²) < 4.78 is 4.91. The van der Waals surface area contributed by atoms with Gasteiger partial charge in [0.25, 0.3) is 0 Å². The van der Waals surface area contributed by atoms with E-state index in [1.807, 2.05) is 20.8 Å². The highest BCUT2D eigenvalue weighted by molar-refractivity contribution is 5.84. The van der Waals surface area contributed by atoms with Crippen molar-refractivity contribution >= 4 is 11.9 Å². The molecule has 18 heavy (non-hydrogen) atoms. The Labute approximate surface area is 109 Å². The van der Waals surface area contributed by atoms with Gasteiger partial charge in [0.1, 0.15) is 6.54 Å². The van der Waals surface area contributed by atoms with Crippen LogP contribution in [-0.2, 0) is 14.3 Å². The predicted octanol–water partition coefficient (Wildman–Crippen LogP) is 0.642. The molecule has 0 saturated carbocycles. The van der Waals surface area contributed by atoms with E-state index in [0.717, 1.165) is 13.1 Å². The lowest BCUT2D eigenvalue weighted by molar-refractivity contribution is -0.152. The molecule has 1 N–H and O–H groups in total. The second kappa shape index (κ2) is 6.73. The normalized spacial score (nSPS) is 17.2. The molecule has 0 bridgehead atoms. The smallest absolute Gasteiger partial charge is 0.325 e. The number of ether oxygens (including phenoxy) is 1. The van der Waals surface area contributed by atoms with E-state index in [4.69, 9.17) is 4.74 Å². The van der Waals surface area contributed by atoms with Crippen molar-refractivity contribution < 1.29 is 14.3 Å². The maximum absolute atomic E-state index is 12.3. The molecule has 0 radical (unpaired) electrons. The lowest BCUT2D eigenvalue weighted by atomic mass is 9.87. The van der Waals surface area contributed by atoms with Gasteiger partial charge in [-0.05, 0) is 39.8 Å². The SMILES string of the molecule is CCOC(=O)CN(C(=O)C(C)C1CNC1)C(C)C. The van der Waals surface area contributed by atoms with Gasteiger partial charge in [0.05, 0.1) is 6.61 Å². The van der Waals surface area contributed by atoms with E-state index in [9.17, 15) is 9.59 Å². The summed E-state index contributed by atoms with van der Waals surface area (Å²) in [5, 5.41) is 3.16. The summed E-state index contributed by atoms with van der Waals surface area (Å²) in [6, 6.07) is 0.0115. The zero-order valence-corrected chi connectivity index (χ0v) is 11.7. The van der Waals surface area contributed by atoms with Gasteiger partial charge in [-0.25, -0.2) is 0 Å². The van der Waals surface area contributed by atoms with Crippen molar-refractivity contribution in [2.24, 2.45) is 11.8 Å². The van der Waals surface area contributed by atoms with Gasteiger partial charge >= 0.3 is 5.97 Å². The average Bonchev–Trinajstić information content (AvgIpc) is 2.22. The van der Waals surface area contributed by atoms with Gasteiger partial charge in [-0.3, -0.25) is 9.59 Å². The van der Waals surface area contributed by atoms with Crippen molar-refractivity contribution in [3.63, 3.8) is 0 Å². The molecule has 5 nitrogen and oxygen atoms in total. The van der Waals surface area contributed by atoms with Gasteiger partial charge in [-0.2, -0.15) is 0 Å². The summed E-state index contributed by atoms with van der Waals surface area (Å²) in [6.45, 7) is 9.72. The van der Waals surface area contributed by atoms with E-state index in [1.165, 1.54) is 0 Å². The molecule has 0 aromatic rings. The van der Waals surface area contributed by atoms with E-state index in [2.05, 4.69) is 5.32 Å². The first kappa shape index (κ1) is 15.0. The van der Waals surface area contributed by atoms with Crippen LogP contribution in [0, 0.1) is 11.8 Å². The van der Waals surface area contributed by atoms with Crippen LogP contribution in [0.2, 0.25) is 0 Å². The van der Waals surface area contributed by atoms with Crippen LogP contribution in [0.25, 0.3) is 0 Å². The van der Waals surface area contributed by atoms with Gasteiger partial charge in [0.2, 0.25) is 5.91 Å². The molecular formula is C13H24N2O3. The van der Waals surface area contributed by atoms with Crippen LogP contribution >= 0.6 is 0 Å². The molecule has 0 aliphatic carbocycles. The van der Waals surface area contributed by atoms with Gasteiger partial charge in [0.15, 0.2) is 0 Å². The van der Waals surface area contributed by atoms with E-state index < -0.39 is 0 Å². The van der Waals surface area contributed by atoms with Crippen molar-refractivity contribution in [1.29, 1.82) is 0 Å². The van der Waals surface area contributed by atoms with Crippen LogP contribution in [0.15, 0.2) is 0 Å². The maximum atomic E-state index is 12.3. The van der Waals surface area contributed by atoms with Crippen LogP contribution in [0.5, 0.6) is 0 Å². The van der Waals surface area contributed by atoms with E-state index in [0.29, 0.717) is 12.5 Å². The van der Waals surface area contributed by atoms with Gasteiger partial charge in [-0.1, -0.05) is 6.92 Å². The number of carbonyl (C=O) groups excluding carboxylic acids is 2. The molecule has 0 aromatic heterocycles. The first-order valence-corrected chi connectivity index (χ1v) is 6.64. The monoisotopic (exact) mass is 256 g/mol. The molecule has 1 aliphatic rings. The molecule has 1 saturated heterocycles. The van der Waals surface area contributed by atoms with Crippen LogP contribution < -0.4 is 5.32 Å². The Hall–Kier alpha value is -1.10. The highest BCUT2D eigenvalue weighted by atomic mass is 16.5. The number of rotatable bonds is 6. The molecule has 1 amide bonds. The van der Waals surface area contributed by atoms with Crippen molar-refractivity contribution in [3.05, 3.63) is 0 Å². The Balaban J connectivity index is 2.59. The highest BCUT2D eigenvalue weighted by Gasteiger charge is 2.33. The van der Waals surface area contributed by atoms with Crippen molar-refractivity contribution in [2.45, 2.75) is 33.7 Å². The van der Waals surface area contributed by atoms with Gasteiger partial charge in [0, 0.05) is 12.0 Å². The van der Waals surface area contributed by atoms with E-state index in [1.54, 1.807) is 11.8 Å². The quantitative estimate of drug-likeness (QED) is 0.709. The minimum atomic E-state index is -0.335. The molecule has 1 atom stereocenters. The maximum Gasteiger partial charge on any atom is 0.325 e. The first-order valence-electron chi connectivity index (χ1n) is 6.64. The second-order valence-electron chi connectivity index (χ2n) is 5.07. The lowest BCUT2D eigenvalue weighted by Gasteiger charge is -2.36. The Kier molecular flexibility index (Phi) is 5.59. The molecule has 104 valence electrons. The Bertz CT molecular complexity index is 301. The topological polar surface area (TPSA) is 58.6 Å². The lowest BCUT2D eigenvalue weighted by Crippen LogP contribution is -2.52. The van der Waals surface area contributed by atoms with Crippen molar-refractivity contribution in [2.75, 3.05) is 26.2 Å². The van der Waals surface area contributed by atoms with Crippen LogP contribution in [-0.4, -0.2) is 49.1 Å². The predicted molar refractivity (Wildman–Crippen MR) is 69.0 cm³/mol. The molecule has 1 heterocycles. The number of esters is 1. The van der Waals surface area contributed by atoms with E-state index >= 15 is 0 Å². The number of carbonyl (C=O) groups is 2. The number of hydrogen-bond donors (Lipinski definition) is 1. The summed E-state index contributed by atoms with van der Waals surface area (Å²) in [6.07, 6.45) is 0. The van der Waals surface area contributed by atoms with Gasteiger partial charge in [-0.15, -0.1) is 0 Å². The molecular weight excluding hydrogens is 232 g/mol. The third kappa shape index (κ3) is 3.70. The number of hydrogen-bond acceptors (Lipinski definition) is 4. The largest absolute Gasteiger partial charge is 0.465 e. The molecule has 1 rings (SSSR count). The van der Waals surface area contributed by atoms with E-state index in [-0.39, 0.29) is 30.4 Å². The summed E-state index contributed by atoms with van der Waals surface area (Å²) in [4.78, 5) is 25.5. The van der Waals surface area contributed by atoms with Crippen LogP contribution in [0.4, 0.5) is 0 Å². The average molecular weight is 256 g/mol. The Morgan fingerprint density at radius 2 is 1.94 bits per heavy atom. The fourth-order valence-corrected chi connectivity index (χ4v) is 1.99. The number of nitrogens with zero attached hydrogens (tertiary/aromatic N) is 1. The Morgan fingerprint density at radius 3 is 2.33 bits per heavy atom. The van der Waals surface area contributed by atoms with Crippen LogP contribution in [0.1, 0.15) is 27.7 Å². The first-order chi connectivity index (χ1) is 8.47. The zero-order valence-electron chi connectivity index (χ0n) is 11.7. The third-order valence-corrected chi connectivity index (χ3v) is 3.42. The minimum Gasteiger partial charge on any atom is -0.465 e. The fourth-order valence-electron chi connectivity index (χ4n) is 1.99. The number of nitrogens with one attached hydrogen (secondary N) is 1. The Morgan fingerprint density at radius 1 is 1.33 bits per heavy atom. The van der Waals surface area contributed by atoms with Crippen LogP contribution in [0.3, 0.4) is 0 Å². The summed E-state index contributed by atoms with van der Waals surface area (Å²) in [7, 11) is 0. The molecule has 5 heteroatoms.